The van der Waals surface area contributed by atoms with E-state index in [1.165, 1.54) is 12.1 Å². The minimum Gasteiger partial charge on any atom is -0.373 e. The molecule has 0 amide bonds. The molecular formula is C15H18ClFN4. The topological polar surface area (TPSA) is 49.8 Å². The third-order valence-corrected chi connectivity index (χ3v) is 3.41. The van der Waals surface area contributed by atoms with Crippen LogP contribution in [0.1, 0.15) is 31.2 Å². The molecule has 21 heavy (non-hydrogen) atoms. The van der Waals surface area contributed by atoms with Crippen molar-refractivity contribution in [2.75, 3.05) is 17.7 Å². The zero-order valence-electron chi connectivity index (χ0n) is 12.5. The third kappa shape index (κ3) is 3.42. The van der Waals surface area contributed by atoms with Crippen molar-refractivity contribution < 1.29 is 4.39 Å². The molecule has 4 nitrogen and oxygen atoms in total. The average molecular weight is 309 g/mol. The van der Waals surface area contributed by atoms with Gasteiger partial charge in [0.1, 0.15) is 23.3 Å². The van der Waals surface area contributed by atoms with Gasteiger partial charge in [0.15, 0.2) is 0 Å². The van der Waals surface area contributed by atoms with Gasteiger partial charge >= 0.3 is 0 Å². The van der Waals surface area contributed by atoms with E-state index in [-0.39, 0.29) is 10.9 Å². The molecule has 0 saturated carbocycles. The molecule has 0 atom stereocenters. The van der Waals surface area contributed by atoms with E-state index in [9.17, 15) is 4.39 Å². The van der Waals surface area contributed by atoms with Gasteiger partial charge in [-0.25, -0.2) is 14.4 Å². The molecule has 112 valence electrons. The van der Waals surface area contributed by atoms with Crippen LogP contribution in [0.15, 0.2) is 18.2 Å². The summed E-state index contributed by atoms with van der Waals surface area (Å²) < 4.78 is 13.5. The van der Waals surface area contributed by atoms with Gasteiger partial charge in [-0.05, 0) is 25.1 Å². The number of nitrogens with zero attached hydrogens (tertiary/aromatic N) is 2. The molecule has 0 bridgehead atoms. The monoisotopic (exact) mass is 308 g/mol. The van der Waals surface area contributed by atoms with Crippen molar-refractivity contribution in [1.29, 1.82) is 0 Å². The van der Waals surface area contributed by atoms with Gasteiger partial charge in [0.25, 0.3) is 0 Å². The predicted octanol–water partition coefficient (Wildman–Crippen LogP) is 4.49. The van der Waals surface area contributed by atoms with Gasteiger partial charge in [0.05, 0.1) is 5.02 Å². The Morgan fingerprint density at radius 2 is 1.86 bits per heavy atom. The van der Waals surface area contributed by atoms with E-state index in [1.807, 2.05) is 27.8 Å². The van der Waals surface area contributed by atoms with Crippen molar-refractivity contribution >= 4 is 28.9 Å². The van der Waals surface area contributed by atoms with Gasteiger partial charge < -0.3 is 10.6 Å². The van der Waals surface area contributed by atoms with Crippen LogP contribution in [0, 0.1) is 12.7 Å². The Hall–Kier alpha value is -1.88. The molecule has 1 heterocycles. The van der Waals surface area contributed by atoms with Crippen LogP contribution in [-0.4, -0.2) is 17.0 Å². The molecule has 0 unspecified atom stereocenters. The second-order valence-corrected chi connectivity index (χ2v) is 5.47. The lowest BCUT2D eigenvalue weighted by molar-refractivity contribution is 0.629. The number of benzene rings is 1. The SMILES string of the molecule is CNc1nc(C(C)C)nc(Nc2ccc(Cl)c(F)c2)c1C. The molecule has 2 N–H and O–H groups in total. The number of aromatic nitrogens is 2. The molecule has 0 radical (unpaired) electrons. The highest BCUT2D eigenvalue weighted by Gasteiger charge is 2.13. The maximum Gasteiger partial charge on any atom is 0.143 e. The van der Waals surface area contributed by atoms with E-state index in [0.29, 0.717) is 11.5 Å². The van der Waals surface area contributed by atoms with Crippen molar-refractivity contribution in [3.8, 4) is 0 Å². The van der Waals surface area contributed by atoms with Gasteiger partial charge in [-0.15, -0.1) is 0 Å². The first-order chi connectivity index (χ1) is 9.92. The second kappa shape index (κ2) is 6.26. The third-order valence-electron chi connectivity index (χ3n) is 3.10. The predicted molar refractivity (Wildman–Crippen MR) is 85.1 cm³/mol. The largest absolute Gasteiger partial charge is 0.373 e. The first kappa shape index (κ1) is 15.5. The summed E-state index contributed by atoms with van der Waals surface area (Å²) in [5.41, 5.74) is 1.47. The van der Waals surface area contributed by atoms with E-state index in [1.54, 1.807) is 6.07 Å². The van der Waals surface area contributed by atoms with E-state index >= 15 is 0 Å². The van der Waals surface area contributed by atoms with Crippen LogP contribution in [0.25, 0.3) is 0 Å². The lowest BCUT2D eigenvalue weighted by Crippen LogP contribution is -2.08. The molecule has 0 aliphatic rings. The molecule has 0 fully saturated rings. The highest BCUT2D eigenvalue weighted by Crippen LogP contribution is 2.27. The summed E-state index contributed by atoms with van der Waals surface area (Å²) in [6.45, 7) is 5.95. The van der Waals surface area contributed by atoms with Crippen LogP contribution >= 0.6 is 11.6 Å². The molecule has 0 saturated heterocycles. The van der Waals surface area contributed by atoms with E-state index in [2.05, 4.69) is 20.6 Å². The van der Waals surface area contributed by atoms with Crippen LogP contribution in [0.3, 0.4) is 0 Å². The standard InChI is InChI=1S/C15H18ClFN4/c1-8(2)13-20-14(18-4)9(3)15(21-13)19-10-5-6-11(16)12(17)7-10/h5-8H,1-4H3,(H2,18,19,20,21). The summed E-state index contributed by atoms with van der Waals surface area (Å²) in [5.74, 6) is 1.86. The van der Waals surface area contributed by atoms with Crippen molar-refractivity contribution in [1.82, 2.24) is 9.97 Å². The Bertz CT molecular complexity index is 658. The summed E-state index contributed by atoms with van der Waals surface area (Å²) in [5, 5.41) is 6.27. The Kier molecular flexibility index (Phi) is 4.63. The van der Waals surface area contributed by atoms with Gasteiger partial charge in [-0.3, -0.25) is 0 Å². The molecule has 2 aromatic rings. The minimum absolute atomic E-state index is 0.0961. The number of nitrogens with one attached hydrogen (secondary N) is 2. The fraction of sp³-hybridized carbons (Fsp3) is 0.333. The van der Waals surface area contributed by atoms with Crippen LogP contribution < -0.4 is 10.6 Å². The number of halogens is 2. The van der Waals surface area contributed by atoms with E-state index in [4.69, 9.17) is 11.6 Å². The summed E-state index contributed by atoms with van der Waals surface area (Å²) >= 11 is 5.69. The fourth-order valence-electron chi connectivity index (χ4n) is 1.87. The minimum atomic E-state index is -0.466. The molecule has 6 heteroatoms. The van der Waals surface area contributed by atoms with Crippen LogP contribution in [0.5, 0.6) is 0 Å². The van der Waals surface area contributed by atoms with Crippen LogP contribution in [0.4, 0.5) is 21.7 Å². The van der Waals surface area contributed by atoms with Crippen molar-refractivity contribution in [2.24, 2.45) is 0 Å². The summed E-state index contributed by atoms with van der Waals surface area (Å²) in [7, 11) is 1.81. The molecule has 0 aliphatic heterocycles. The van der Waals surface area contributed by atoms with Crippen LogP contribution in [0.2, 0.25) is 5.02 Å². The number of anilines is 3. The fourth-order valence-corrected chi connectivity index (χ4v) is 1.99. The molecule has 1 aromatic carbocycles. The summed E-state index contributed by atoms with van der Waals surface area (Å²) in [4.78, 5) is 8.98. The highest BCUT2D eigenvalue weighted by molar-refractivity contribution is 6.30. The second-order valence-electron chi connectivity index (χ2n) is 5.06. The maximum atomic E-state index is 13.5. The Labute approximate surface area is 128 Å². The molecule has 0 spiro atoms. The zero-order chi connectivity index (χ0) is 15.6. The molecular weight excluding hydrogens is 291 g/mol. The Morgan fingerprint density at radius 1 is 1.19 bits per heavy atom. The van der Waals surface area contributed by atoms with E-state index < -0.39 is 5.82 Å². The maximum absolute atomic E-state index is 13.5. The number of hydrogen-bond donors (Lipinski definition) is 2. The van der Waals surface area contributed by atoms with E-state index in [0.717, 1.165) is 17.2 Å². The first-order valence-corrected chi connectivity index (χ1v) is 7.08. The quantitative estimate of drug-likeness (QED) is 0.874. The van der Waals surface area contributed by atoms with Crippen molar-refractivity contribution in [3.63, 3.8) is 0 Å². The number of rotatable bonds is 4. The van der Waals surface area contributed by atoms with Crippen molar-refractivity contribution in [2.45, 2.75) is 26.7 Å². The Balaban J connectivity index is 2.42. The van der Waals surface area contributed by atoms with Gasteiger partial charge in [-0.2, -0.15) is 0 Å². The summed E-state index contributed by atoms with van der Waals surface area (Å²) in [6, 6.07) is 4.57. The molecule has 2 rings (SSSR count). The smallest absolute Gasteiger partial charge is 0.143 e. The van der Waals surface area contributed by atoms with Gasteiger partial charge in [-0.1, -0.05) is 25.4 Å². The molecule has 0 aliphatic carbocycles. The lowest BCUT2D eigenvalue weighted by Gasteiger charge is -2.15. The highest BCUT2D eigenvalue weighted by atomic mass is 35.5. The normalized spacial score (nSPS) is 10.8. The number of hydrogen-bond acceptors (Lipinski definition) is 4. The van der Waals surface area contributed by atoms with Crippen LogP contribution in [-0.2, 0) is 0 Å². The summed E-state index contributed by atoms with van der Waals surface area (Å²) in [6.07, 6.45) is 0. The average Bonchev–Trinajstić information content (AvgIpc) is 2.44. The van der Waals surface area contributed by atoms with Gasteiger partial charge in [0.2, 0.25) is 0 Å². The molecule has 1 aromatic heterocycles. The zero-order valence-corrected chi connectivity index (χ0v) is 13.2. The first-order valence-electron chi connectivity index (χ1n) is 6.70. The van der Waals surface area contributed by atoms with Gasteiger partial charge in [0, 0.05) is 24.2 Å². The lowest BCUT2D eigenvalue weighted by atomic mass is 10.2. The Morgan fingerprint density at radius 3 is 2.43 bits per heavy atom. The van der Waals surface area contributed by atoms with Crippen molar-refractivity contribution in [3.05, 3.63) is 40.4 Å².